The molecule has 2 heteroatoms. The van der Waals surface area contributed by atoms with Gasteiger partial charge in [-0.2, -0.15) is 0 Å². The highest BCUT2D eigenvalue weighted by Gasteiger charge is 2.45. The second kappa shape index (κ2) is 4.86. The normalized spacial score (nSPS) is 16.5. The molecule has 0 aromatic heterocycles. The summed E-state index contributed by atoms with van der Waals surface area (Å²) in [4.78, 5) is 13.0. The van der Waals surface area contributed by atoms with Gasteiger partial charge in [0, 0.05) is 5.56 Å². The molecule has 0 radical (unpaired) electrons. The summed E-state index contributed by atoms with van der Waals surface area (Å²) in [6.07, 6.45) is 2.83. The third-order valence-electron chi connectivity index (χ3n) is 4.40. The summed E-state index contributed by atoms with van der Waals surface area (Å²) in [7, 11) is 0. The van der Waals surface area contributed by atoms with Crippen LogP contribution in [0.2, 0.25) is 0 Å². The minimum absolute atomic E-state index is 0.132. The summed E-state index contributed by atoms with van der Waals surface area (Å²) in [5, 5.41) is 0. The smallest absolute Gasteiger partial charge is 0.173 e. The zero-order chi connectivity index (χ0) is 14.2. The minimum Gasteiger partial charge on any atom is -0.293 e. The fraction of sp³-hybridized carbons (Fsp3) is 0.278. The number of Topliss-reactive ketones (excluding diaryl/α,β-unsaturated/α-hetero) is 1. The Morgan fingerprint density at radius 3 is 2.35 bits per heavy atom. The topological polar surface area (TPSA) is 17.1 Å². The molecular formula is C18H17FO. The van der Waals surface area contributed by atoms with Crippen molar-refractivity contribution in [2.75, 3.05) is 0 Å². The second-order valence-corrected chi connectivity index (χ2v) is 5.59. The van der Waals surface area contributed by atoms with E-state index in [0.29, 0.717) is 5.56 Å². The van der Waals surface area contributed by atoms with Crippen molar-refractivity contribution < 1.29 is 9.18 Å². The van der Waals surface area contributed by atoms with Crippen LogP contribution in [0.15, 0.2) is 48.5 Å². The van der Waals surface area contributed by atoms with Crippen LogP contribution in [0.4, 0.5) is 4.39 Å². The molecule has 1 saturated carbocycles. The van der Waals surface area contributed by atoms with Crippen molar-refractivity contribution in [3.63, 3.8) is 0 Å². The summed E-state index contributed by atoms with van der Waals surface area (Å²) in [6, 6.07) is 14.4. The molecule has 1 aliphatic rings. The summed E-state index contributed by atoms with van der Waals surface area (Å²) >= 11 is 0. The van der Waals surface area contributed by atoms with Gasteiger partial charge in [0.05, 0.1) is 5.41 Å². The average molecular weight is 268 g/mol. The predicted molar refractivity (Wildman–Crippen MR) is 77.4 cm³/mol. The van der Waals surface area contributed by atoms with Crippen LogP contribution in [0.1, 0.15) is 40.7 Å². The van der Waals surface area contributed by atoms with Crippen LogP contribution >= 0.6 is 0 Å². The SMILES string of the molecule is Cc1cc(F)ccc1C(=O)C1(c2ccccc2)CCC1. The number of carbonyl (C=O) groups excluding carboxylic acids is 1. The van der Waals surface area contributed by atoms with E-state index in [1.807, 2.05) is 30.3 Å². The van der Waals surface area contributed by atoms with Crippen molar-refractivity contribution in [3.05, 3.63) is 71.0 Å². The average Bonchev–Trinajstić information content (AvgIpc) is 2.38. The van der Waals surface area contributed by atoms with E-state index >= 15 is 0 Å². The minimum atomic E-state index is -0.399. The van der Waals surface area contributed by atoms with Gasteiger partial charge in [0.25, 0.3) is 0 Å². The van der Waals surface area contributed by atoms with E-state index in [0.717, 1.165) is 30.4 Å². The molecule has 1 nitrogen and oxygen atoms in total. The number of ketones is 1. The highest BCUT2D eigenvalue weighted by molar-refractivity contribution is 6.05. The maximum atomic E-state index is 13.2. The molecule has 0 atom stereocenters. The number of hydrogen-bond donors (Lipinski definition) is 0. The molecule has 0 N–H and O–H groups in total. The monoisotopic (exact) mass is 268 g/mol. The van der Waals surface area contributed by atoms with Gasteiger partial charge < -0.3 is 0 Å². The first-order chi connectivity index (χ1) is 9.63. The lowest BCUT2D eigenvalue weighted by Gasteiger charge is -2.41. The van der Waals surface area contributed by atoms with Crippen LogP contribution in [0.5, 0.6) is 0 Å². The first-order valence-electron chi connectivity index (χ1n) is 7.00. The van der Waals surface area contributed by atoms with Crippen LogP contribution in [0, 0.1) is 12.7 Å². The van der Waals surface area contributed by atoms with Gasteiger partial charge in [0.2, 0.25) is 0 Å². The Labute approximate surface area is 118 Å². The van der Waals surface area contributed by atoms with Crippen LogP contribution in [-0.2, 0) is 5.41 Å². The zero-order valence-corrected chi connectivity index (χ0v) is 11.5. The standard InChI is InChI=1S/C18H17FO/c1-13-12-15(19)8-9-16(13)17(20)18(10-5-11-18)14-6-3-2-4-7-14/h2-4,6-9,12H,5,10-11H2,1H3. The molecule has 1 fully saturated rings. The zero-order valence-electron chi connectivity index (χ0n) is 11.5. The van der Waals surface area contributed by atoms with Gasteiger partial charge in [-0.15, -0.1) is 0 Å². The maximum Gasteiger partial charge on any atom is 0.173 e. The molecule has 2 aromatic rings. The molecule has 3 rings (SSSR count). The van der Waals surface area contributed by atoms with Gasteiger partial charge >= 0.3 is 0 Å². The van der Waals surface area contributed by atoms with Crippen molar-refractivity contribution in [2.24, 2.45) is 0 Å². The van der Waals surface area contributed by atoms with E-state index in [9.17, 15) is 9.18 Å². The predicted octanol–water partition coefficient (Wildman–Crippen LogP) is 4.44. The first kappa shape index (κ1) is 13.0. The van der Waals surface area contributed by atoms with E-state index in [1.165, 1.54) is 12.1 Å². The molecular weight excluding hydrogens is 251 g/mol. The lowest BCUT2D eigenvalue weighted by molar-refractivity contribution is 0.0788. The third kappa shape index (κ3) is 1.96. The Bertz CT molecular complexity index is 642. The van der Waals surface area contributed by atoms with Crippen LogP contribution in [-0.4, -0.2) is 5.78 Å². The van der Waals surface area contributed by atoms with Crippen molar-refractivity contribution in [1.82, 2.24) is 0 Å². The van der Waals surface area contributed by atoms with Crippen molar-refractivity contribution in [3.8, 4) is 0 Å². The molecule has 0 aliphatic heterocycles. The van der Waals surface area contributed by atoms with Crippen molar-refractivity contribution >= 4 is 5.78 Å². The number of hydrogen-bond acceptors (Lipinski definition) is 1. The second-order valence-electron chi connectivity index (χ2n) is 5.59. The Morgan fingerprint density at radius 2 is 1.80 bits per heavy atom. The molecule has 20 heavy (non-hydrogen) atoms. The Balaban J connectivity index is 2.04. The quantitative estimate of drug-likeness (QED) is 0.752. The van der Waals surface area contributed by atoms with E-state index in [2.05, 4.69) is 0 Å². The Kier molecular flexibility index (Phi) is 3.17. The highest BCUT2D eigenvalue weighted by Crippen LogP contribution is 2.46. The molecule has 0 bridgehead atoms. The van der Waals surface area contributed by atoms with Gasteiger partial charge in [-0.3, -0.25) is 4.79 Å². The van der Waals surface area contributed by atoms with Crippen LogP contribution in [0.25, 0.3) is 0 Å². The summed E-state index contributed by atoms with van der Waals surface area (Å²) in [6.45, 7) is 1.80. The Hall–Kier alpha value is -1.96. The van der Waals surface area contributed by atoms with Gasteiger partial charge in [0.1, 0.15) is 5.82 Å². The van der Waals surface area contributed by atoms with Gasteiger partial charge in [-0.1, -0.05) is 36.8 Å². The number of halogens is 1. The lowest BCUT2D eigenvalue weighted by atomic mass is 9.60. The molecule has 0 spiro atoms. The van der Waals surface area contributed by atoms with E-state index in [4.69, 9.17) is 0 Å². The van der Waals surface area contributed by atoms with Crippen molar-refractivity contribution in [1.29, 1.82) is 0 Å². The molecule has 1 aliphatic carbocycles. The highest BCUT2D eigenvalue weighted by atomic mass is 19.1. The van der Waals surface area contributed by atoms with Crippen LogP contribution < -0.4 is 0 Å². The van der Waals surface area contributed by atoms with Crippen molar-refractivity contribution in [2.45, 2.75) is 31.6 Å². The summed E-state index contributed by atoms with van der Waals surface area (Å²) < 4.78 is 13.2. The first-order valence-corrected chi connectivity index (χ1v) is 7.00. The molecule has 0 amide bonds. The molecule has 2 aromatic carbocycles. The van der Waals surface area contributed by atoms with Gasteiger partial charge in [0.15, 0.2) is 5.78 Å². The number of aryl methyl sites for hydroxylation is 1. The molecule has 102 valence electrons. The summed E-state index contributed by atoms with van der Waals surface area (Å²) in [5.74, 6) is -0.158. The maximum absolute atomic E-state index is 13.2. The van der Waals surface area contributed by atoms with E-state index in [-0.39, 0.29) is 11.6 Å². The fourth-order valence-electron chi connectivity index (χ4n) is 3.07. The molecule has 0 saturated heterocycles. The van der Waals surface area contributed by atoms with Gasteiger partial charge in [-0.25, -0.2) is 4.39 Å². The van der Waals surface area contributed by atoms with Crippen LogP contribution in [0.3, 0.4) is 0 Å². The van der Waals surface area contributed by atoms with Gasteiger partial charge in [-0.05, 0) is 49.1 Å². The van der Waals surface area contributed by atoms with E-state index < -0.39 is 5.41 Å². The lowest BCUT2D eigenvalue weighted by Crippen LogP contribution is -2.42. The number of benzene rings is 2. The largest absolute Gasteiger partial charge is 0.293 e. The molecule has 0 unspecified atom stereocenters. The molecule has 0 heterocycles. The van der Waals surface area contributed by atoms with E-state index in [1.54, 1.807) is 13.0 Å². The third-order valence-corrected chi connectivity index (χ3v) is 4.40. The number of rotatable bonds is 3. The number of carbonyl (C=O) groups is 1. The Morgan fingerprint density at radius 1 is 1.10 bits per heavy atom. The fourth-order valence-corrected chi connectivity index (χ4v) is 3.07. The summed E-state index contributed by atoms with van der Waals surface area (Å²) in [5.41, 5.74) is 2.05.